The predicted octanol–water partition coefficient (Wildman–Crippen LogP) is 7.08. The lowest BCUT2D eigenvalue weighted by Gasteiger charge is -2.33. The highest BCUT2D eigenvalue weighted by molar-refractivity contribution is 6.36. The summed E-state index contributed by atoms with van der Waals surface area (Å²) in [6, 6.07) is 20.2. The third-order valence-corrected chi connectivity index (χ3v) is 7.88. The molecular formula is C32H36Cl2N2O3. The fraction of sp³-hybridized carbons (Fsp3) is 0.375. The van der Waals surface area contributed by atoms with E-state index in [1.807, 2.05) is 62.4 Å². The van der Waals surface area contributed by atoms with Crippen LogP contribution in [0.25, 0.3) is 0 Å². The van der Waals surface area contributed by atoms with E-state index >= 15 is 0 Å². The quantitative estimate of drug-likeness (QED) is 0.285. The van der Waals surface area contributed by atoms with Gasteiger partial charge in [0, 0.05) is 34.6 Å². The summed E-state index contributed by atoms with van der Waals surface area (Å²) in [6.07, 6.45) is 5.63. The minimum absolute atomic E-state index is 0.0864. The molecule has 3 aromatic rings. The van der Waals surface area contributed by atoms with Gasteiger partial charge in [-0.15, -0.1) is 0 Å². The standard InChI is InChI=1S/C32H36Cl2N2O3/c1-22-16-23(2)18-26(17-22)39-21-31(37)36(20-27-28(33)14-9-15-29(27)34)30(19-24-10-5-3-6-11-24)32(38)35-25-12-7-4-8-13-25/h3,5-6,9-11,14-18,25,30H,4,7-8,12-13,19-21H2,1-2H3,(H,35,38). The molecule has 0 saturated heterocycles. The Labute approximate surface area is 241 Å². The fourth-order valence-electron chi connectivity index (χ4n) is 5.20. The Balaban J connectivity index is 1.65. The molecule has 0 aromatic heterocycles. The first-order chi connectivity index (χ1) is 18.8. The molecule has 1 N–H and O–H groups in total. The van der Waals surface area contributed by atoms with Crippen molar-refractivity contribution in [2.75, 3.05) is 6.61 Å². The number of ether oxygens (including phenoxy) is 1. The number of rotatable bonds is 10. The number of hydrogen-bond donors (Lipinski definition) is 1. The molecule has 7 heteroatoms. The van der Waals surface area contributed by atoms with Crippen LogP contribution in [-0.4, -0.2) is 35.4 Å². The number of carbonyl (C=O) groups excluding carboxylic acids is 2. The van der Waals surface area contributed by atoms with Crippen molar-refractivity contribution in [3.05, 3.63) is 99.0 Å². The van der Waals surface area contributed by atoms with E-state index in [0.29, 0.717) is 27.8 Å². The van der Waals surface area contributed by atoms with Gasteiger partial charge in [0.15, 0.2) is 6.61 Å². The van der Waals surface area contributed by atoms with Gasteiger partial charge in [-0.05, 0) is 67.6 Å². The molecule has 1 unspecified atom stereocenters. The lowest BCUT2D eigenvalue weighted by molar-refractivity contribution is -0.143. The van der Waals surface area contributed by atoms with Crippen molar-refractivity contribution >= 4 is 35.0 Å². The average Bonchev–Trinajstić information content (AvgIpc) is 2.91. The summed E-state index contributed by atoms with van der Waals surface area (Å²) in [5, 5.41) is 4.13. The maximum atomic E-state index is 13.9. The Morgan fingerprint density at radius 2 is 1.56 bits per heavy atom. The molecule has 0 bridgehead atoms. The van der Waals surface area contributed by atoms with Gasteiger partial charge in [0.25, 0.3) is 5.91 Å². The van der Waals surface area contributed by atoms with Crippen LogP contribution >= 0.6 is 23.2 Å². The van der Waals surface area contributed by atoms with E-state index in [1.165, 1.54) is 6.42 Å². The number of benzene rings is 3. The summed E-state index contributed by atoms with van der Waals surface area (Å²) in [5.74, 6) is 0.126. The number of halogens is 2. The third kappa shape index (κ3) is 8.23. The van der Waals surface area contributed by atoms with Gasteiger partial charge in [-0.3, -0.25) is 9.59 Å². The maximum Gasteiger partial charge on any atom is 0.261 e. The van der Waals surface area contributed by atoms with Gasteiger partial charge in [0.05, 0.1) is 0 Å². The number of nitrogens with one attached hydrogen (secondary N) is 1. The van der Waals surface area contributed by atoms with Gasteiger partial charge in [-0.2, -0.15) is 0 Å². The summed E-state index contributed by atoms with van der Waals surface area (Å²) in [6.45, 7) is 3.84. The second-order valence-corrected chi connectivity index (χ2v) is 11.2. The van der Waals surface area contributed by atoms with Crippen LogP contribution in [0.2, 0.25) is 10.0 Å². The van der Waals surface area contributed by atoms with Gasteiger partial charge in [-0.1, -0.05) is 84.9 Å². The van der Waals surface area contributed by atoms with Crippen molar-refractivity contribution in [1.82, 2.24) is 10.2 Å². The van der Waals surface area contributed by atoms with Crippen molar-refractivity contribution < 1.29 is 14.3 Å². The van der Waals surface area contributed by atoms with Crippen molar-refractivity contribution in [3.8, 4) is 5.75 Å². The zero-order chi connectivity index (χ0) is 27.8. The van der Waals surface area contributed by atoms with Crippen LogP contribution in [-0.2, 0) is 22.6 Å². The zero-order valence-electron chi connectivity index (χ0n) is 22.6. The lowest BCUT2D eigenvalue weighted by Crippen LogP contribution is -2.53. The van der Waals surface area contributed by atoms with Crippen LogP contribution in [0.15, 0.2) is 66.7 Å². The molecule has 39 heavy (non-hydrogen) atoms. The average molecular weight is 568 g/mol. The van der Waals surface area contributed by atoms with Crippen molar-refractivity contribution in [2.24, 2.45) is 0 Å². The zero-order valence-corrected chi connectivity index (χ0v) is 24.1. The molecule has 0 heterocycles. The van der Waals surface area contributed by atoms with E-state index in [1.54, 1.807) is 23.1 Å². The summed E-state index contributed by atoms with van der Waals surface area (Å²) < 4.78 is 5.95. The van der Waals surface area contributed by atoms with Gasteiger partial charge in [0.2, 0.25) is 5.91 Å². The maximum absolute atomic E-state index is 13.9. The van der Waals surface area contributed by atoms with Crippen LogP contribution in [0.5, 0.6) is 5.75 Å². The summed E-state index contributed by atoms with van der Waals surface area (Å²) in [5.41, 5.74) is 3.65. The number of amides is 2. The van der Waals surface area contributed by atoms with Crippen LogP contribution in [0, 0.1) is 13.8 Å². The van der Waals surface area contributed by atoms with Crippen molar-refractivity contribution in [1.29, 1.82) is 0 Å². The minimum Gasteiger partial charge on any atom is -0.484 e. The van der Waals surface area contributed by atoms with E-state index in [-0.39, 0.29) is 31.0 Å². The first-order valence-corrected chi connectivity index (χ1v) is 14.3. The van der Waals surface area contributed by atoms with E-state index in [2.05, 4.69) is 5.32 Å². The van der Waals surface area contributed by atoms with Gasteiger partial charge in [-0.25, -0.2) is 0 Å². The van der Waals surface area contributed by atoms with Crippen molar-refractivity contribution in [3.63, 3.8) is 0 Å². The Morgan fingerprint density at radius 1 is 0.923 bits per heavy atom. The molecule has 0 radical (unpaired) electrons. The van der Waals surface area contributed by atoms with E-state index in [9.17, 15) is 9.59 Å². The molecule has 0 spiro atoms. The monoisotopic (exact) mass is 566 g/mol. The highest BCUT2D eigenvalue weighted by atomic mass is 35.5. The smallest absolute Gasteiger partial charge is 0.261 e. The Morgan fingerprint density at radius 3 is 2.21 bits per heavy atom. The molecule has 3 aromatic carbocycles. The van der Waals surface area contributed by atoms with Crippen LogP contribution in [0.3, 0.4) is 0 Å². The van der Waals surface area contributed by atoms with Gasteiger partial charge >= 0.3 is 0 Å². The van der Waals surface area contributed by atoms with Gasteiger partial charge < -0.3 is 15.0 Å². The summed E-state index contributed by atoms with van der Waals surface area (Å²) in [4.78, 5) is 29.3. The number of aryl methyl sites for hydroxylation is 2. The fourth-order valence-corrected chi connectivity index (χ4v) is 5.71. The molecule has 1 aliphatic rings. The minimum atomic E-state index is -0.767. The number of carbonyl (C=O) groups is 2. The van der Waals surface area contributed by atoms with Crippen LogP contribution < -0.4 is 10.1 Å². The SMILES string of the molecule is Cc1cc(C)cc(OCC(=O)N(Cc2c(Cl)cccc2Cl)C(Cc2ccccc2)C(=O)NC2CCCCC2)c1. The first-order valence-electron chi connectivity index (χ1n) is 13.6. The summed E-state index contributed by atoms with van der Waals surface area (Å²) in [7, 11) is 0. The molecular weight excluding hydrogens is 531 g/mol. The van der Waals surface area contributed by atoms with Gasteiger partial charge in [0.1, 0.15) is 11.8 Å². The highest BCUT2D eigenvalue weighted by Gasteiger charge is 2.33. The second kappa shape index (κ2) is 13.9. The van der Waals surface area contributed by atoms with E-state index in [4.69, 9.17) is 27.9 Å². The summed E-state index contributed by atoms with van der Waals surface area (Å²) >= 11 is 13.1. The Hall–Kier alpha value is -3.02. The molecule has 2 amide bonds. The van der Waals surface area contributed by atoms with Crippen LogP contribution in [0.4, 0.5) is 0 Å². The lowest BCUT2D eigenvalue weighted by atomic mass is 9.94. The van der Waals surface area contributed by atoms with Crippen LogP contribution in [0.1, 0.15) is 54.4 Å². The molecule has 1 fully saturated rings. The normalized spacial score (nSPS) is 14.5. The number of hydrogen-bond acceptors (Lipinski definition) is 3. The molecule has 4 rings (SSSR count). The Bertz CT molecular complexity index is 1240. The number of nitrogens with zero attached hydrogens (tertiary/aromatic N) is 1. The van der Waals surface area contributed by atoms with E-state index < -0.39 is 6.04 Å². The molecule has 1 aliphatic carbocycles. The molecule has 206 valence electrons. The highest BCUT2D eigenvalue weighted by Crippen LogP contribution is 2.28. The molecule has 5 nitrogen and oxygen atoms in total. The second-order valence-electron chi connectivity index (χ2n) is 10.4. The first kappa shape index (κ1) is 29.0. The van der Waals surface area contributed by atoms with E-state index in [0.717, 1.165) is 42.4 Å². The topological polar surface area (TPSA) is 58.6 Å². The molecule has 1 saturated carbocycles. The predicted molar refractivity (Wildman–Crippen MR) is 157 cm³/mol. The molecule has 1 atom stereocenters. The largest absolute Gasteiger partial charge is 0.484 e. The van der Waals surface area contributed by atoms with Crippen molar-refractivity contribution in [2.45, 2.75) is 71.0 Å². The third-order valence-electron chi connectivity index (χ3n) is 7.17. The molecule has 0 aliphatic heterocycles. The Kier molecular flexibility index (Phi) is 10.3.